The fourth-order valence-corrected chi connectivity index (χ4v) is 2.23. The average Bonchev–Trinajstić information content (AvgIpc) is 2.60. The van der Waals surface area contributed by atoms with Crippen molar-refractivity contribution >= 4 is 5.91 Å². The lowest BCUT2D eigenvalue weighted by Crippen LogP contribution is -2.34. The van der Waals surface area contributed by atoms with E-state index in [2.05, 4.69) is 5.32 Å². The highest BCUT2D eigenvalue weighted by atomic mass is 16.5. The van der Waals surface area contributed by atoms with Crippen molar-refractivity contribution in [2.24, 2.45) is 0 Å². The van der Waals surface area contributed by atoms with Gasteiger partial charge in [-0.25, -0.2) is 0 Å². The second-order valence-electron chi connectivity index (χ2n) is 5.54. The van der Waals surface area contributed by atoms with Crippen LogP contribution in [0.1, 0.15) is 21.5 Å². The zero-order chi connectivity index (χ0) is 17.4. The summed E-state index contributed by atoms with van der Waals surface area (Å²) in [6.07, 6.45) is -0.754. The molecule has 0 bridgehead atoms. The number of benzene rings is 2. The summed E-state index contributed by atoms with van der Waals surface area (Å²) in [5.41, 5.74) is 2.51. The maximum Gasteiger partial charge on any atom is 0.251 e. The van der Waals surface area contributed by atoms with Crippen LogP contribution in [0.3, 0.4) is 0 Å². The molecule has 0 aliphatic heterocycles. The molecule has 5 heteroatoms. The Kier molecular flexibility index (Phi) is 6.78. The minimum atomic E-state index is -0.754. The fourth-order valence-electron chi connectivity index (χ4n) is 2.23. The van der Waals surface area contributed by atoms with Gasteiger partial charge in [-0.05, 0) is 36.2 Å². The highest BCUT2D eigenvalue weighted by Gasteiger charge is 2.11. The van der Waals surface area contributed by atoms with Crippen LogP contribution in [-0.4, -0.2) is 37.4 Å². The van der Waals surface area contributed by atoms with Gasteiger partial charge < -0.3 is 19.9 Å². The monoisotopic (exact) mass is 329 g/mol. The van der Waals surface area contributed by atoms with Crippen molar-refractivity contribution in [3.63, 3.8) is 0 Å². The van der Waals surface area contributed by atoms with Crippen molar-refractivity contribution in [2.45, 2.75) is 19.6 Å². The Morgan fingerprint density at radius 1 is 1.17 bits per heavy atom. The average molecular weight is 329 g/mol. The number of hydrogen-bond acceptors (Lipinski definition) is 4. The highest BCUT2D eigenvalue weighted by molar-refractivity contribution is 5.95. The molecule has 0 radical (unpaired) electrons. The van der Waals surface area contributed by atoms with Gasteiger partial charge in [0.15, 0.2) is 0 Å². The van der Waals surface area contributed by atoms with E-state index < -0.39 is 6.10 Å². The maximum absolute atomic E-state index is 12.1. The SMILES string of the molecule is COc1ccc(COC[C@@H](O)CNC(=O)c2ccccc2C)cc1. The lowest BCUT2D eigenvalue weighted by Gasteiger charge is -2.13. The van der Waals surface area contributed by atoms with E-state index in [1.165, 1.54) is 0 Å². The van der Waals surface area contributed by atoms with Crippen LogP contribution in [-0.2, 0) is 11.3 Å². The van der Waals surface area contributed by atoms with E-state index in [1.807, 2.05) is 49.4 Å². The van der Waals surface area contributed by atoms with Crippen LogP contribution in [0.15, 0.2) is 48.5 Å². The predicted octanol–water partition coefficient (Wildman–Crippen LogP) is 2.31. The Labute approximate surface area is 142 Å². The Balaban J connectivity index is 1.70. The van der Waals surface area contributed by atoms with Crippen LogP contribution >= 0.6 is 0 Å². The van der Waals surface area contributed by atoms with E-state index >= 15 is 0 Å². The lowest BCUT2D eigenvalue weighted by molar-refractivity contribution is 0.0285. The number of methoxy groups -OCH3 is 1. The Hall–Kier alpha value is -2.37. The van der Waals surface area contributed by atoms with Gasteiger partial charge in [-0.1, -0.05) is 30.3 Å². The van der Waals surface area contributed by atoms with Crippen LogP contribution in [0.5, 0.6) is 5.75 Å². The van der Waals surface area contributed by atoms with Crippen LogP contribution in [0.2, 0.25) is 0 Å². The highest BCUT2D eigenvalue weighted by Crippen LogP contribution is 2.12. The van der Waals surface area contributed by atoms with E-state index in [9.17, 15) is 9.90 Å². The third-order valence-electron chi connectivity index (χ3n) is 3.63. The zero-order valence-corrected chi connectivity index (χ0v) is 14.0. The smallest absolute Gasteiger partial charge is 0.251 e. The molecule has 0 fully saturated rings. The van der Waals surface area contributed by atoms with Crippen molar-refractivity contribution in [3.05, 3.63) is 65.2 Å². The molecule has 0 heterocycles. The third kappa shape index (κ3) is 5.37. The summed E-state index contributed by atoms with van der Waals surface area (Å²) < 4.78 is 10.6. The van der Waals surface area contributed by atoms with Crippen LogP contribution in [0, 0.1) is 6.92 Å². The number of nitrogens with one attached hydrogen (secondary N) is 1. The van der Waals surface area contributed by atoms with E-state index in [-0.39, 0.29) is 19.1 Å². The lowest BCUT2D eigenvalue weighted by atomic mass is 10.1. The minimum absolute atomic E-state index is 0.149. The van der Waals surface area contributed by atoms with Crippen LogP contribution in [0.4, 0.5) is 0 Å². The van der Waals surface area contributed by atoms with E-state index in [1.54, 1.807) is 13.2 Å². The normalized spacial score (nSPS) is 11.8. The first-order valence-electron chi connectivity index (χ1n) is 7.82. The number of amides is 1. The molecule has 0 aromatic heterocycles. The number of carbonyl (C=O) groups is 1. The zero-order valence-electron chi connectivity index (χ0n) is 14.0. The van der Waals surface area contributed by atoms with Crippen LogP contribution in [0.25, 0.3) is 0 Å². The second-order valence-corrected chi connectivity index (χ2v) is 5.54. The molecule has 2 aromatic rings. The molecule has 1 amide bonds. The molecule has 0 saturated heterocycles. The number of aryl methyl sites for hydroxylation is 1. The van der Waals surface area contributed by atoms with Gasteiger partial charge in [0, 0.05) is 12.1 Å². The van der Waals surface area contributed by atoms with E-state index in [4.69, 9.17) is 9.47 Å². The van der Waals surface area contributed by atoms with Gasteiger partial charge in [0.1, 0.15) is 5.75 Å². The molecule has 2 aromatic carbocycles. The topological polar surface area (TPSA) is 67.8 Å². The number of aliphatic hydroxyl groups is 1. The Bertz CT molecular complexity index is 655. The summed E-state index contributed by atoms with van der Waals surface area (Å²) in [5.74, 6) is 0.597. The number of rotatable bonds is 8. The maximum atomic E-state index is 12.1. The van der Waals surface area contributed by atoms with E-state index in [0.717, 1.165) is 16.9 Å². The third-order valence-corrected chi connectivity index (χ3v) is 3.63. The van der Waals surface area contributed by atoms with Gasteiger partial charge in [0.2, 0.25) is 0 Å². The largest absolute Gasteiger partial charge is 0.497 e. The van der Waals surface area contributed by atoms with Crippen molar-refractivity contribution in [3.8, 4) is 5.75 Å². The molecule has 0 unspecified atom stereocenters. The first-order chi connectivity index (χ1) is 11.6. The molecule has 5 nitrogen and oxygen atoms in total. The standard InChI is InChI=1S/C19H23NO4/c1-14-5-3-4-6-18(14)19(22)20-11-16(21)13-24-12-15-7-9-17(23-2)10-8-15/h3-10,16,21H,11-13H2,1-2H3,(H,20,22)/t16-/m0/s1. The summed E-state index contributed by atoms with van der Waals surface area (Å²) >= 11 is 0. The molecular formula is C19H23NO4. The summed E-state index contributed by atoms with van der Waals surface area (Å²) in [4.78, 5) is 12.1. The molecular weight excluding hydrogens is 306 g/mol. The molecule has 128 valence electrons. The second kappa shape index (κ2) is 9.05. The molecule has 1 atom stereocenters. The fraction of sp³-hybridized carbons (Fsp3) is 0.316. The molecule has 2 rings (SSSR count). The van der Waals surface area contributed by atoms with Gasteiger partial charge in [-0.15, -0.1) is 0 Å². The number of carbonyl (C=O) groups excluding carboxylic acids is 1. The predicted molar refractivity (Wildman–Crippen MR) is 92.2 cm³/mol. The first-order valence-corrected chi connectivity index (χ1v) is 7.82. The number of aliphatic hydroxyl groups excluding tert-OH is 1. The molecule has 24 heavy (non-hydrogen) atoms. The number of hydrogen-bond donors (Lipinski definition) is 2. The van der Waals surface area contributed by atoms with Crippen LogP contribution < -0.4 is 10.1 Å². The molecule has 0 aliphatic carbocycles. The number of ether oxygens (including phenoxy) is 2. The van der Waals surface area contributed by atoms with Gasteiger partial charge in [-0.3, -0.25) is 4.79 Å². The quantitative estimate of drug-likeness (QED) is 0.780. The van der Waals surface area contributed by atoms with Gasteiger partial charge in [0.05, 0.1) is 26.4 Å². The summed E-state index contributed by atoms with van der Waals surface area (Å²) in [6, 6.07) is 14.9. The molecule has 0 spiro atoms. The van der Waals surface area contributed by atoms with Crippen molar-refractivity contribution in [2.75, 3.05) is 20.3 Å². The summed E-state index contributed by atoms with van der Waals surface area (Å²) in [7, 11) is 1.62. The Morgan fingerprint density at radius 2 is 1.88 bits per heavy atom. The minimum Gasteiger partial charge on any atom is -0.497 e. The van der Waals surface area contributed by atoms with Gasteiger partial charge >= 0.3 is 0 Å². The molecule has 0 saturated carbocycles. The van der Waals surface area contributed by atoms with Crippen molar-refractivity contribution in [1.82, 2.24) is 5.32 Å². The summed E-state index contributed by atoms with van der Waals surface area (Å²) in [5, 5.41) is 12.6. The van der Waals surface area contributed by atoms with Gasteiger partial charge in [-0.2, -0.15) is 0 Å². The summed E-state index contributed by atoms with van der Waals surface area (Å²) in [6.45, 7) is 2.58. The van der Waals surface area contributed by atoms with Crippen molar-refractivity contribution in [1.29, 1.82) is 0 Å². The first kappa shape index (κ1) is 18.0. The Morgan fingerprint density at radius 3 is 2.54 bits per heavy atom. The molecule has 2 N–H and O–H groups in total. The van der Waals surface area contributed by atoms with Crippen molar-refractivity contribution < 1.29 is 19.4 Å². The molecule has 0 aliphatic rings. The van der Waals surface area contributed by atoms with Gasteiger partial charge in [0.25, 0.3) is 5.91 Å². The van der Waals surface area contributed by atoms with E-state index in [0.29, 0.717) is 12.2 Å².